The van der Waals surface area contributed by atoms with Gasteiger partial charge in [-0.05, 0) is 19.9 Å². The molecule has 14 heavy (non-hydrogen) atoms. The van der Waals surface area contributed by atoms with E-state index >= 15 is 0 Å². The minimum absolute atomic E-state index is 0.166. The van der Waals surface area contributed by atoms with Gasteiger partial charge in [-0.25, -0.2) is 9.67 Å². The monoisotopic (exact) mass is 190 g/mol. The second kappa shape index (κ2) is 3.10. The van der Waals surface area contributed by atoms with Gasteiger partial charge in [-0.3, -0.25) is 4.79 Å². The molecule has 2 rings (SSSR count). The number of aromatic amines is 1. The Balaban J connectivity index is 2.56. The van der Waals surface area contributed by atoms with Crippen molar-refractivity contribution in [1.29, 1.82) is 0 Å². The number of hydrogen-bond acceptors (Lipinski definition) is 3. The van der Waals surface area contributed by atoms with E-state index in [1.54, 1.807) is 17.8 Å². The minimum Gasteiger partial charge on any atom is -0.311 e. The quantitative estimate of drug-likeness (QED) is 0.715. The molecule has 0 unspecified atom stereocenters. The maximum Gasteiger partial charge on any atom is 0.253 e. The molecular formula is C9H10N4O. The van der Waals surface area contributed by atoms with Crippen LogP contribution in [0.15, 0.2) is 23.1 Å². The Hall–Kier alpha value is -1.91. The van der Waals surface area contributed by atoms with Crippen LogP contribution in [-0.4, -0.2) is 19.7 Å². The first kappa shape index (κ1) is 8.68. The summed E-state index contributed by atoms with van der Waals surface area (Å²) in [6, 6.07) is 3.28. The summed E-state index contributed by atoms with van der Waals surface area (Å²) in [4.78, 5) is 17.9. The highest BCUT2D eigenvalue weighted by atomic mass is 16.1. The fourth-order valence-electron chi connectivity index (χ4n) is 1.22. The van der Waals surface area contributed by atoms with Gasteiger partial charge in [0.1, 0.15) is 5.82 Å². The van der Waals surface area contributed by atoms with E-state index in [1.807, 2.05) is 13.0 Å². The lowest BCUT2D eigenvalue weighted by Crippen LogP contribution is -2.12. The molecule has 0 aliphatic carbocycles. The van der Waals surface area contributed by atoms with Gasteiger partial charge in [-0.15, -0.1) is 0 Å². The first-order chi connectivity index (χ1) is 6.65. The molecule has 0 saturated heterocycles. The molecular weight excluding hydrogens is 180 g/mol. The number of nitrogens with zero attached hydrogens (tertiary/aromatic N) is 3. The molecule has 0 aliphatic heterocycles. The van der Waals surface area contributed by atoms with Gasteiger partial charge in [0.15, 0.2) is 5.82 Å². The summed E-state index contributed by atoms with van der Waals surface area (Å²) in [5, 5.41) is 4.16. The van der Waals surface area contributed by atoms with Crippen LogP contribution in [0.5, 0.6) is 0 Å². The largest absolute Gasteiger partial charge is 0.311 e. The van der Waals surface area contributed by atoms with Crippen LogP contribution in [0.3, 0.4) is 0 Å². The predicted octanol–water partition coefficient (Wildman–Crippen LogP) is 0.572. The molecule has 72 valence electrons. The van der Waals surface area contributed by atoms with Gasteiger partial charge in [0.05, 0.1) is 5.69 Å². The Kier molecular flexibility index (Phi) is 1.92. The summed E-state index contributed by atoms with van der Waals surface area (Å²) in [7, 11) is 0. The summed E-state index contributed by atoms with van der Waals surface area (Å²) in [6.45, 7) is 3.62. The maximum absolute atomic E-state index is 11.2. The number of aryl methyl sites for hydroxylation is 2. The molecule has 0 atom stereocenters. The van der Waals surface area contributed by atoms with Crippen molar-refractivity contribution in [2.24, 2.45) is 0 Å². The molecule has 2 aromatic heterocycles. The van der Waals surface area contributed by atoms with Gasteiger partial charge in [0.25, 0.3) is 5.56 Å². The van der Waals surface area contributed by atoms with Crippen LogP contribution in [0, 0.1) is 13.8 Å². The van der Waals surface area contributed by atoms with E-state index in [2.05, 4.69) is 15.1 Å². The number of aromatic nitrogens is 4. The zero-order valence-corrected chi connectivity index (χ0v) is 7.98. The van der Waals surface area contributed by atoms with E-state index in [9.17, 15) is 4.79 Å². The lowest BCUT2D eigenvalue weighted by Gasteiger charge is -1.99. The summed E-state index contributed by atoms with van der Waals surface area (Å²) in [6.07, 6.45) is 1.77. The average Bonchev–Trinajstić information content (AvgIpc) is 2.50. The van der Waals surface area contributed by atoms with Crippen LogP contribution >= 0.6 is 0 Å². The average molecular weight is 190 g/mol. The third kappa shape index (κ3) is 1.56. The van der Waals surface area contributed by atoms with Crippen molar-refractivity contribution in [3.63, 3.8) is 0 Å². The van der Waals surface area contributed by atoms with Gasteiger partial charge in [0.2, 0.25) is 0 Å². The number of hydrogen-bond donors (Lipinski definition) is 1. The molecule has 2 aromatic rings. The Labute approximate surface area is 80.4 Å². The lowest BCUT2D eigenvalue weighted by molar-refractivity contribution is 0.811. The summed E-state index contributed by atoms with van der Waals surface area (Å²) in [5.41, 5.74) is 0.727. The van der Waals surface area contributed by atoms with Crippen molar-refractivity contribution in [1.82, 2.24) is 19.7 Å². The molecule has 2 heterocycles. The standard InChI is InChI=1S/C9H10N4O/c1-6-3-4-13(12-6)8-5-9(14)11-7(2)10-8/h3-5H,1-2H3,(H,10,11,14). The zero-order valence-electron chi connectivity index (χ0n) is 7.98. The fourth-order valence-corrected chi connectivity index (χ4v) is 1.22. The topological polar surface area (TPSA) is 63.6 Å². The summed E-state index contributed by atoms with van der Waals surface area (Å²) in [5.74, 6) is 1.13. The Morgan fingerprint density at radius 3 is 2.79 bits per heavy atom. The predicted molar refractivity (Wildman–Crippen MR) is 51.5 cm³/mol. The third-order valence-electron chi connectivity index (χ3n) is 1.80. The summed E-state index contributed by atoms with van der Waals surface area (Å²) < 4.78 is 1.58. The number of nitrogens with one attached hydrogen (secondary N) is 1. The molecule has 0 aliphatic rings. The first-order valence-corrected chi connectivity index (χ1v) is 4.26. The summed E-state index contributed by atoms with van der Waals surface area (Å²) >= 11 is 0. The highest BCUT2D eigenvalue weighted by Crippen LogP contribution is 2.01. The second-order valence-corrected chi connectivity index (χ2v) is 3.09. The highest BCUT2D eigenvalue weighted by molar-refractivity contribution is 5.20. The van der Waals surface area contributed by atoms with Gasteiger partial charge < -0.3 is 4.98 Å². The normalized spacial score (nSPS) is 10.4. The number of H-pyrrole nitrogens is 1. The van der Waals surface area contributed by atoms with Gasteiger partial charge in [-0.1, -0.05) is 0 Å². The van der Waals surface area contributed by atoms with Crippen molar-refractivity contribution in [3.8, 4) is 5.82 Å². The Bertz CT molecular complexity index is 512. The van der Waals surface area contributed by atoms with Crippen LogP contribution in [0.25, 0.3) is 5.82 Å². The van der Waals surface area contributed by atoms with E-state index in [1.165, 1.54) is 6.07 Å². The molecule has 0 radical (unpaired) electrons. The van der Waals surface area contributed by atoms with E-state index < -0.39 is 0 Å². The molecule has 0 aromatic carbocycles. The molecule has 0 spiro atoms. The van der Waals surface area contributed by atoms with Crippen LogP contribution in [0.1, 0.15) is 11.5 Å². The Morgan fingerprint density at radius 1 is 1.43 bits per heavy atom. The van der Waals surface area contributed by atoms with Crippen LogP contribution in [0.2, 0.25) is 0 Å². The highest BCUT2D eigenvalue weighted by Gasteiger charge is 2.01. The van der Waals surface area contributed by atoms with Gasteiger partial charge in [0, 0.05) is 12.3 Å². The smallest absolute Gasteiger partial charge is 0.253 e. The van der Waals surface area contributed by atoms with Crippen molar-refractivity contribution < 1.29 is 0 Å². The van der Waals surface area contributed by atoms with Crippen molar-refractivity contribution in [2.45, 2.75) is 13.8 Å². The minimum atomic E-state index is -0.166. The second-order valence-electron chi connectivity index (χ2n) is 3.09. The van der Waals surface area contributed by atoms with E-state index in [4.69, 9.17) is 0 Å². The third-order valence-corrected chi connectivity index (χ3v) is 1.80. The first-order valence-electron chi connectivity index (χ1n) is 4.26. The van der Waals surface area contributed by atoms with E-state index in [-0.39, 0.29) is 5.56 Å². The Morgan fingerprint density at radius 2 is 2.21 bits per heavy atom. The number of rotatable bonds is 1. The van der Waals surface area contributed by atoms with Crippen molar-refractivity contribution in [2.75, 3.05) is 0 Å². The molecule has 5 nitrogen and oxygen atoms in total. The zero-order chi connectivity index (χ0) is 10.1. The molecule has 1 N–H and O–H groups in total. The molecule has 5 heteroatoms. The van der Waals surface area contributed by atoms with Crippen LogP contribution < -0.4 is 5.56 Å². The van der Waals surface area contributed by atoms with Gasteiger partial charge >= 0.3 is 0 Å². The maximum atomic E-state index is 11.2. The molecule has 0 bridgehead atoms. The van der Waals surface area contributed by atoms with Crippen LogP contribution in [0.4, 0.5) is 0 Å². The molecule has 0 saturated carbocycles. The van der Waals surface area contributed by atoms with Gasteiger partial charge in [-0.2, -0.15) is 5.10 Å². The SMILES string of the molecule is Cc1ccn(-c2cc(=O)[nH]c(C)n2)n1. The lowest BCUT2D eigenvalue weighted by atomic mass is 10.5. The van der Waals surface area contributed by atoms with E-state index in [0.29, 0.717) is 11.6 Å². The van der Waals surface area contributed by atoms with Crippen LogP contribution in [-0.2, 0) is 0 Å². The molecule has 0 amide bonds. The fraction of sp³-hybridized carbons (Fsp3) is 0.222. The van der Waals surface area contributed by atoms with Crippen molar-refractivity contribution in [3.05, 3.63) is 40.2 Å². The molecule has 0 fully saturated rings. The van der Waals surface area contributed by atoms with Crippen molar-refractivity contribution >= 4 is 0 Å². The van der Waals surface area contributed by atoms with E-state index in [0.717, 1.165) is 5.69 Å².